The molecule has 14 heavy (non-hydrogen) atoms. The van der Waals surface area contributed by atoms with Crippen molar-refractivity contribution in [1.29, 1.82) is 0 Å². The summed E-state index contributed by atoms with van der Waals surface area (Å²) in [5, 5.41) is 17.8. The third kappa shape index (κ3) is 2.00. The second-order valence-corrected chi connectivity index (χ2v) is 5.02. The Morgan fingerprint density at radius 1 is 1.50 bits per heavy atom. The van der Waals surface area contributed by atoms with E-state index < -0.39 is 6.09 Å². The Hall–Kier alpha value is -0.770. The fourth-order valence-corrected chi connectivity index (χ4v) is 2.37. The third-order valence-corrected chi connectivity index (χ3v) is 2.85. The van der Waals surface area contributed by atoms with Gasteiger partial charge in [0.05, 0.1) is 0 Å². The Morgan fingerprint density at radius 2 is 2.07 bits per heavy atom. The number of rotatable bonds is 2. The van der Waals surface area contributed by atoms with Gasteiger partial charge >= 0.3 is 6.09 Å². The molecule has 1 amide bonds. The molecule has 2 N–H and O–H groups in total. The summed E-state index contributed by atoms with van der Waals surface area (Å²) in [6, 6.07) is 0.0483. The van der Waals surface area contributed by atoms with Crippen LogP contribution in [0, 0.1) is 11.3 Å². The van der Waals surface area contributed by atoms with Gasteiger partial charge in [0, 0.05) is 19.2 Å². The number of nitrogens with zero attached hydrogens (tertiary/aromatic N) is 1. The zero-order valence-corrected chi connectivity index (χ0v) is 9.03. The second kappa shape index (κ2) is 3.77. The highest BCUT2D eigenvalue weighted by Crippen LogP contribution is 2.39. The van der Waals surface area contributed by atoms with Crippen molar-refractivity contribution in [1.82, 2.24) is 4.90 Å². The van der Waals surface area contributed by atoms with Crippen LogP contribution in [0.15, 0.2) is 0 Å². The van der Waals surface area contributed by atoms with Crippen LogP contribution in [0.4, 0.5) is 4.79 Å². The second-order valence-electron chi connectivity index (χ2n) is 5.02. The molecule has 0 aromatic rings. The molecule has 0 radical (unpaired) electrons. The van der Waals surface area contributed by atoms with Crippen molar-refractivity contribution in [3.05, 3.63) is 0 Å². The third-order valence-electron chi connectivity index (χ3n) is 2.85. The number of likely N-dealkylation sites (tertiary alicyclic amines) is 1. The lowest BCUT2D eigenvalue weighted by Gasteiger charge is -2.52. The minimum absolute atomic E-state index is 0.0452. The highest BCUT2D eigenvalue weighted by Gasteiger charge is 2.47. The van der Waals surface area contributed by atoms with Crippen LogP contribution in [-0.2, 0) is 0 Å². The van der Waals surface area contributed by atoms with Crippen LogP contribution in [-0.4, -0.2) is 40.4 Å². The molecule has 1 rings (SSSR count). The average Bonchev–Trinajstić information content (AvgIpc) is 1.92. The highest BCUT2D eigenvalue weighted by atomic mass is 16.4. The molecule has 2 unspecified atom stereocenters. The zero-order chi connectivity index (χ0) is 10.9. The molecule has 4 nitrogen and oxygen atoms in total. The van der Waals surface area contributed by atoms with Crippen molar-refractivity contribution in [2.24, 2.45) is 11.3 Å². The maximum Gasteiger partial charge on any atom is 0.407 e. The summed E-state index contributed by atoms with van der Waals surface area (Å²) in [4.78, 5) is 12.3. The van der Waals surface area contributed by atoms with E-state index in [1.807, 2.05) is 20.8 Å². The van der Waals surface area contributed by atoms with Gasteiger partial charge in [0.2, 0.25) is 0 Å². The predicted molar refractivity (Wildman–Crippen MR) is 53.2 cm³/mol. The van der Waals surface area contributed by atoms with Crippen molar-refractivity contribution < 1.29 is 15.0 Å². The molecule has 0 spiro atoms. The van der Waals surface area contributed by atoms with E-state index in [0.717, 1.165) is 0 Å². The molecule has 0 saturated carbocycles. The summed E-state index contributed by atoms with van der Waals surface area (Å²) in [6.45, 7) is 6.83. The SMILES string of the molecule is CC(C)(C)C1C(CCO)CN1C(=O)O. The van der Waals surface area contributed by atoms with E-state index in [4.69, 9.17) is 10.2 Å². The van der Waals surface area contributed by atoms with Crippen molar-refractivity contribution in [3.8, 4) is 0 Å². The largest absolute Gasteiger partial charge is 0.465 e. The lowest BCUT2D eigenvalue weighted by molar-refractivity contribution is -0.0429. The van der Waals surface area contributed by atoms with Crippen LogP contribution in [0.1, 0.15) is 27.2 Å². The Morgan fingerprint density at radius 3 is 2.43 bits per heavy atom. The molecule has 82 valence electrons. The zero-order valence-electron chi connectivity index (χ0n) is 9.03. The number of hydrogen-bond acceptors (Lipinski definition) is 2. The van der Waals surface area contributed by atoms with Crippen molar-refractivity contribution >= 4 is 6.09 Å². The van der Waals surface area contributed by atoms with Gasteiger partial charge in [-0.3, -0.25) is 0 Å². The fourth-order valence-electron chi connectivity index (χ4n) is 2.37. The summed E-state index contributed by atoms with van der Waals surface area (Å²) in [5.41, 5.74) is -0.0452. The van der Waals surface area contributed by atoms with E-state index in [2.05, 4.69) is 0 Å². The van der Waals surface area contributed by atoms with Gasteiger partial charge in [-0.15, -0.1) is 0 Å². The normalized spacial score (nSPS) is 27.3. The lowest BCUT2D eigenvalue weighted by atomic mass is 9.71. The number of aliphatic hydroxyl groups is 1. The van der Waals surface area contributed by atoms with Crippen molar-refractivity contribution in [2.75, 3.05) is 13.2 Å². The first-order valence-electron chi connectivity index (χ1n) is 4.98. The molecule has 1 aliphatic rings. The van der Waals surface area contributed by atoms with Crippen LogP contribution in [0.3, 0.4) is 0 Å². The summed E-state index contributed by atoms with van der Waals surface area (Å²) < 4.78 is 0. The lowest BCUT2D eigenvalue weighted by Crippen LogP contribution is -2.63. The van der Waals surface area contributed by atoms with Crippen LogP contribution in [0.5, 0.6) is 0 Å². The van der Waals surface area contributed by atoms with Gasteiger partial charge in [-0.2, -0.15) is 0 Å². The minimum Gasteiger partial charge on any atom is -0.465 e. The van der Waals surface area contributed by atoms with Crippen LogP contribution < -0.4 is 0 Å². The van der Waals surface area contributed by atoms with Crippen LogP contribution in [0.25, 0.3) is 0 Å². The van der Waals surface area contributed by atoms with E-state index in [9.17, 15) is 4.79 Å². The first kappa shape index (κ1) is 11.3. The van der Waals surface area contributed by atoms with Crippen LogP contribution in [0.2, 0.25) is 0 Å². The summed E-state index contributed by atoms with van der Waals surface area (Å²) in [7, 11) is 0. The summed E-state index contributed by atoms with van der Waals surface area (Å²) >= 11 is 0. The molecule has 0 aromatic carbocycles. The number of hydrogen-bond donors (Lipinski definition) is 2. The maximum atomic E-state index is 10.9. The Kier molecular flexibility index (Phi) is 3.04. The van der Waals surface area contributed by atoms with Gasteiger partial charge in [-0.1, -0.05) is 20.8 Å². The Balaban J connectivity index is 2.67. The molecular weight excluding hydrogens is 182 g/mol. The van der Waals surface area contributed by atoms with Crippen molar-refractivity contribution in [2.45, 2.75) is 33.2 Å². The topological polar surface area (TPSA) is 60.8 Å². The molecule has 0 aromatic heterocycles. The predicted octanol–water partition coefficient (Wildman–Crippen LogP) is 1.39. The minimum atomic E-state index is -0.848. The number of aliphatic hydroxyl groups excluding tert-OH is 1. The molecule has 0 bridgehead atoms. The molecule has 1 fully saturated rings. The summed E-state index contributed by atoms with van der Waals surface area (Å²) in [5.74, 6) is 0.316. The highest BCUT2D eigenvalue weighted by molar-refractivity contribution is 5.67. The standard InChI is InChI=1S/C10H19NO3/c1-10(2,3)8-7(4-5-12)6-11(8)9(13)14/h7-8,12H,4-6H2,1-3H3,(H,13,14). The van der Waals surface area contributed by atoms with E-state index in [-0.39, 0.29) is 18.1 Å². The van der Waals surface area contributed by atoms with Gasteiger partial charge in [0.1, 0.15) is 0 Å². The molecule has 1 heterocycles. The summed E-state index contributed by atoms with van der Waals surface area (Å²) in [6.07, 6.45) is -0.148. The van der Waals surface area contributed by atoms with E-state index in [1.165, 1.54) is 4.90 Å². The number of carbonyl (C=O) groups is 1. The van der Waals surface area contributed by atoms with Gasteiger partial charge in [-0.25, -0.2) is 4.79 Å². The number of carboxylic acid groups (broad SMARTS) is 1. The van der Waals surface area contributed by atoms with E-state index >= 15 is 0 Å². The van der Waals surface area contributed by atoms with Crippen LogP contribution >= 0.6 is 0 Å². The fraction of sp³-hybridized carbons (Fsp3) is 0.900. The monoisotopic (exact) mass is 201 g/mol. The first-order chi connectivity index (χ1) is 6.38. The molecule has 0 aliphatic carbocycles. The van der Waals surface area contributed by atoms with E-state index in [0.29, 0.717) is 18.9 Å². The van der Waals surface area contributed by atoms with Gasteiger partial charge in [-0.05, 0) is 17.8 Å². The molecule has 1 aliphatic heterocycles. The Labute approximate surface area is 84.5 Å². The van der Waals surface area contributed by atoms with Gasteiger partial charge in [0.15, 0.2) is 0 Å². The maximum absolute atomic E-state index is 10.9. The molecule has 4 heteroatoms. The first-order valence-corrected chi connectivity index (χ1v) is 4.98. The van der Waals surface area contributed by atoms with Gasteiger partial charge < -0.3 is 15.1 Å². The quantitative estimate of drug-likeness (QED) is 0.709. The Bertz CT molecular complexity index is 222. The van der Waals surface area contributed by atoms with E-state index in [1.54, 1.807) is 0 Å². The smallest absolute Gasteiger partial charge is 0.407 e. The molecule has 1 saturated heterocycles. The molecule has 2 atom stereocenters. The molecular formula is C10H19NO3. The average molecular weight is 201 g/mol. The number of amides is 1. The van der Waals surface area contributed by atoms with Crippen molar-refractivity contribution in [3.63, 3.8) is 0 Å². The van der Waals surface area contributed by atoms with Gasteiger partial charge in [0.25, 0.3) is 0 Å².